The Hall–Kier alpha value is -1.31. The molecule has 1 aliphatic carbocycles. The third-order valence-electron chi connectivity index (χ3n) is 4.26. The SMILES string of the molecule is CC[C@H](CNC(=O)CC1CCCC1)c1ccccc1. The summed E-state index contributed by atoms with van der Waals surface area (Å²) in [7, 11) is 0. The molecule has 2 rings (SSSR count). The lowest BCUT2D eigenvalue weighted by atomic mass is 9.96. The number of nitrogens with one attached hydrogen (secondary N) is 1. The first-order chi connectivity index (χ1) is 9.29. The van der Waals surface area contributed by atoms with Gasteiger partial charge in [-0.2, -0.15) is 0 Å². The van der Waals surface area contributed by atoms with Crippen LogP contribution >= 0.6 is 0 Å². The summed E-state index contributed by atoms with van der Waals surface area (Å²) in [4.78, 5) is 11.9. The monoisotopic (exact) mass is 259 g/mol. The van der Waals surface area contributed by atoms with Gasteiger partial charge < -0.3 is 5.32 Å². The van der Waals surface area contributed by atoms with Crippen LogP contribution in [-0.4, -0.2) is 12.5 Å². The molecule has 2 nitrogen and oxygen atoms in total. The highest BCUT2D eigenvalue weighted by atomic mass is 16.1. The van der Waals surface area contributed by atoms with Crippen LogP contribution in [0.1, 0.15) is 56.9 Å². The fourth-order valence-corrected chi connectivity index (χ4v) is 3.01. The topological polar surface area (TPSA) is 29.1 Å². The second-order valence-corrected chi connectivity index (χ2v) is 5.67. The molecule has 0 aliphatic heterocycles. The molecule has 1 atom stereocenters. The van der Waals surface area contributed by atoms with Gasteiger partial charge in [-0.15, -0.1) is 0 Å². The van der Waals surface area contributed by atoms with Crippen molar-refractivity contribution in [3.05, 3.63) is 35.9 Å². The Morgan fingerprint density at radius 3 is 2.58 bits per heavy atom. The van der Waals surface area contributed by atoms with Crippen molar-refractivity contribution in [3.63, 3.8) is 0 Å². The maximum atomic E-state index is 11.9. The van der Waals surface area contributed by atoms with E-state index in [1.54, 1.807) is 0 Å². The molecule has 0 heterocycles. The first kappa shape index (κ1) is 14.1. The second kappa shape index (κ2) is 7.32. The van der Waals surface area contributed by atoms with Gasteiger partial charge in [-0.05, 0) is 30.7 Å². The van der Waals surface area contributed by atoms with Crippen LogP contribution in [0, 0.1) is 5.92 Å². The summed E-state index contributed by atoms with van der Waals surface area (Å²) in [5.74, 6) is 1.31. The van der Waals surface area contributed by atoms with Gasteiger partial charge in [0.25, 0.3) is 0 Å². The fraction of sp³-hybridized carbons (Fsp3) is 0.588. The van der Waals surface area contributed by atoms with Gasteiger partial charge in [0.15, 0.2) is 0 Å². The van der Waals surface area contributed by atoms with Crippen LogP contribution in [-0.2, 0) is 4.79 Å². The number of carbonyl (C=O) groups excluding carboxylic acids is 1. The Balaban J connectivity index is 1.78. The molecular formula is C17H25NO. The summed E-state index contributed by atoms with van der Waals surface area (Å²) in [5, 5.41) is 3.12. The minimum absolute atomic E-state index is 0.237. The summed E-state index contributed by atoms with van der Waals surface area (Å²) >= 11 is 0. The van der Waals surface area contributed by atoms with Crippen molar-refractivity contribution < 1.29 is 4.79 Å². The average molecular weight is 259 g/mol. The van der Waals surface area contributed by atoms with Crippen LogP contribution in [0.5, 0.6) is 0 Å². The first-order valence-electron chi connectivity index (χ1n) is 7.61. The van der Waals surface area contributed by atoms with Crippen LogP contribution < -0.4 is 5.32 Å². The van der Waals surface area contributed by atoms with E-state index in [0.29, 0.717) is 11.8 Å². The number of benzene rings is 1. The normalized spacial score (nSPS) is 17.3. The minimum atomic E-state index is 0.237. The highest BCUT2D eigenvalue weighted by Crippen LogP contribution is 2.27. The molecule has 0 unspecified atom stereocenters. The molecule has 1 fully saturated rings. The summed E-state index contributed by atoms with van der Waals surface area (Å²) in [6.07, 6.45) is 6.88. The summed E-state index contributed by atoms with van der Waals surface area (Å²) in [6.45, 7) is 2.95. The van der Waals surface area contributed by atoms with Crippen molar-refractivity contribution in [1.29, 1.82) is 0 Å². The Morgan fingerprint density at radius 2 is 1.95 bits per heavy atom. The molecule has 104 valence electrons. The van der Waals surface area contributed by atoms with Gasteiger partial charge in [-0.3, -0.25) is 4.79 Å². The van der Waals surface area contributed by atoms with E-state index >= 15 is 0 Å². The Kier molecular flexibility index (Phi) is 5.44. The van der Waals surface area contributed by atoms with E-state index in [9.17, 15) is 4.79 Å². The Labute approximate surface area is 116 Å². The molecule has 1 saturated carbocycles. The van der Waals surface area contributed by atoms with Crippen LogP contribution in [0.3, 0.4) is 0 Å². The zero-order valence-electron chi connectivity index (χ0n) is 11.9. The number of amides is 1. The zero-order chi connectivity index (χ0) is 13.5. The number of hydrogen-bond donors (Lipinski definition) is 1. The molecule has 0 spiro atoms. The van der Waals surface area contributed by atoms with E-state index in [0.717, 1.165) is 19.4 Å². The molecule has 0 saturated heterocycles. The van der Waals surface area contributed by atoms with E-state index in [1.807, 2.05) is 6.07 Å². The van der Waals surface area contributed by atoms with E-state index in [1.165, 1.54) is 31.2 Å². The van der Waals surface area contributed by atoms with Crippen LogP contribution in [0.15, 0.2) is 30.3 Å². The molecule has 2 heteroatoms. The molecule has 1 amide bonds. The van der Waals surface area contributed by atoms with Crippen molar-refractivity contribution in [2.75, 3.05) is 6.54 Å². The van der Waals surface area contributed by atoms with Gasteiger partial charge in [-0.1, -0.05) is 50.1 Å². The van der Waals surface area contributed by atoms with Gasteiger partial charge in [0.2, 0.25) is 5.91 Å². The smallest absolute Gasteiger partial charge is 0.220 e. The molecule has 1 N–H and O–H groups in total. The fourth-order valence-electron chi connectivity index (χ4n) is 3.01. The summed E-state index contributed by atoms with van der Waals surface area (Å²) in [5.41, 5.74) is 1.33. The zero-order valence-corrected chi connectivity index (χ0v) is 11.9. The van der Waals surface area contributed by atoms with Crippen LogP contribution in [0.2, 0.25) is 0 Å². The molecule has 0 bridgehead atoms. The van der Waals surface area contributed by atoms with E-state index in [4.69, 9.17) is 0 Å². The van der Waals surface area contributed by atoms with E-state index < -0.39 is 0 Å². The van der Waals surface area contributed by atoms with E-state index in [-0.39, 0.29) is 5.91 Å². The quantitative estimate of drug-likeness (QED) is 0.825. The molecule has 1 aromatic rings. The highest BCUT2D eigenvalue weighted by molar-refractivity contribution is 5.76. The maximum Gasteiger partial charge on any atom is 0.220 e. The Bertz CT molecular complexity index is 382. The number of rotatable bonds is 6. The molecule has 0 aromatic heterocycles. The van der Waals surface area contributed by atoms with Crippen LogP contribution in [0.4, 0.5) is 0 Å². The van der Waals surface area contributed by atoms with Crippen molar-refractivity contribution in [1.82, 2.24) is 5.32 Å². The van der Waals surface area contributed by atoms with Gasteiger partial charge in [0.1, 0.15) is 0 Å². The molecule has 0 radical (unpaired) electrons. The largest absolute Gasteiger partial charge is 0.355 e. The highest BCUT2D eigenvalue weighted by Gasteiger charge is 2.19. The van der Waals surface area contributed by atoms with Crippen molar-refractivity contribution in [2.45, 2.75) is 51.4 Å². The standard InChI is InChI=1S/C17H25NO/c1-2-15(16-10-4-3-5-11-16)13-18-17(19)12-14-8-6-7-9-14/h3-5,10-11,14-15H,2,6-9,12-13H2,1H3,(H,18,19)/t15-/m1/s1. The molecule has 19 heavy (non-hydrogen) atoms. The average Bonchev–Trinajstić information content (AvgIpc) is 2.93. The maximum absolute atomic E-state index is 11.9. The second-order valence-electron chi connectivity index (χ2n) is 5.67. The van der Waals surface area contributed by atoms with Gasteiger partial charge in [0, 0.05) is 18.9 Å². The summed E-state index contributed by atoms with van der Waals surface area (Å²) < 4.78 is 0. The van der Waals surface area contributed by atoms with Gasteiger partial charge in [-0.25, -0.2) is 0 Å². The predicted molar refractivity (Wildman–Crippen MR) is 79.1 cm³/mol. The van der Waals surface area contributed by atoms with Crippen molar-refractivity contribution >= 4 is 5.91 Å². The molecular weight excluding hydrogens is 234 g/mol. The first-order valence-corrected chi connectivity index (χ1v) is 7.61. The van der Waals surface area contributed by atoms with Gasteiger partial charge in [0.05, 0.1) is 0 Å². The minimum Gasteiger partial charge on any atom is -0.355 e. The Morgan fingerprint density at radius 1 is 1.26 bits per heavy atom. The third-order valence-corrected chi connectivity index (χ3v) is 4.26. The number of carbonyl (C=O) groups is 1. The molecule has 1 aliphatic rings. The third kappa shape index (κ3) is 4.38. The van der Waals surface area contributed by atoms with E-state index in [2.05, 4.69) is 36.5 Å². The van der Waals surface area contributed by atoms with Gasteiger partial charge >= 0.3 is 0 Å². The predicted octanol–water partition coefficient (Wildman–Crippen LogP) is 3.88. The van der Waals surface area contributed by atoms with Crippen molar-refractivity contribution in [3.8, 4) is 0 Å². The molecule has 1 aromatic carbocycles. The lowest BCUT2D eigenvalue weighted by molar-refractivity contribution is -0.122. The lowest BCUT2D eigenvalue weighted by Crippen LogP contribution is -2.29. The van der Waals surface area contributed by atoms with Crippen molar-refractivity contribution in [2.24, 2.45) is 5.92 Å². The lowest BCUT2D eigenvalue weighted by Gasteiger charge is -2.17. The summed E-state index contributed by atoms with van der Waals surface area (Å²) in [6, 6.07) is 10.5. The number of hydrogen-bond acceptors (Lipinski definition) is 1. The van der Waals surface area contributed by atoms with Crippen LogP contribution in [0.25, 0.3) is 0 Å².